The highest BCUT2D eigenvalue weighted by atomic mass is 16.6. The minimum absolute atomic E-state index is 0.0463. The van der Waals surface area contributed by atoms with Gasteiger partial charge in [-0.3, -0.25) is 0 Å². The average molecular weight is 911 g/mol. The number of benzene rings is 3. The van der Waals surface area contributed by atoms with Gasteiger partial charge in [0.25, 0.3) is 0 Å². The number of rotatable bonds is 24. The molecule has 3 aromatic carbocycles. The van der Waals surface area contributed by atoms with Gasteiger partial charge in [-0.25, -0.2) is 28.8 Å². The standard InChI is InChI=1S/C53H66O13/c1-8-9-10-12-38-14-16-39(17-15-38)18-19-40-20-22-41(23-21-40)42-24-26-43(27-25-42)44-28-29-46(45(31-44)13-11-30-62-47(54)36(2)3)63-32-53(33-64-48(55)37(4)5,34-65-51(58)49(56)60-6)35-66-52(59)50(57)61-7/h20-29,31,38-39H,2,4,8-19,30,32-35H2,1,3,5-7H3. The number of esters is 6. The molecule has 356 valence electrons. The summed E-state index contributed by atoms with van der Waals surface area (Å²) < 4.78 is 36.5. The SMILES string of the molecule is C=C(C)C(=O)OCCCc1cc(-c2ccc(-c3ccc(CCC4CCC(CCCCC)CC4)cc3)cc2)ccc1OCC(COC(=O)C(=C)C)(COC(=O)C(=O)OC)COC(=O)C(=O)OC. The first-order chi connectivity index (χ1) is 31.7. The highest BCUT2D eigenvalue weighted by Crippen LogP contribution is 2.35. The molecule has 1 aliphatic carbocycles. The summed E-state index contributed by atoms with van der Waals surface area (Å²) in [6, 6.07) is 22.6. The Morgan fingerprint density at radius 2 is 1.02 bits per heavy atom. The molecule has 3 aromatic rings. The summed E-state index contributed by atoms with van der Waals surface area (Å²) in [6.45, 7) is 10.2. The summed E-state index contributed by atoms with van der Waals surface area (Å²) in [7, 11) is 1.98. The van der Waals surface area contributed by atoms with E-state index in [9.17, 15) is 28.8 Å². The van der Waals surface area contributed by atoms with Crippen molar-refractivity contribution >= 4 is 35.8 Å². The zero-order chi connectivity index (χ0) is 48.1. The third-order valence-corrected chi connectivity index (χ3v) is 11.9. The molecule has 0 saturated heterocycles. The molecular weight excluding hydrogens is 845 g/mol. The predicted molar refractivity (Wildman–Crippen MR) is 249 cm³/mol. The number of unbranched alkanes of at least 4 members (excludes halogenated alkanes) is 2. The molecule has 0 heterocycles. The van der Waals surface area contributed by atoms with Crippen molar-refractivity contribution in [3.8, 4) is 28.0 Å². The van der Waals surface area contributed by atoms with Crippen LogP contribution in [-0.4, -0.2) is 83.1 Å². The molecular formula is C53H66O13. The Bertz CT molecular complexity index is 2100. The Morgan fingerprint density at radius 1 is 0.545 bits per heavy atom. The molecule has 0 aliphatic heterocycles. The normalized spacial score (nSPS) is 14.6. The van der Waals surface area contributed by atoms with E-state index in [-0.39, 0.29) is 17.8 Å². The lowest BCUT2D eigenvalue weighted by Gasteiger charge is -2.32. The Labute approximate surface area is 389 Å². The van der Waals surface area contributed by atoms with Crippen molar-refractivity contribution in [1.29, 1.82) is 0 Å². The summed E-state index contributed by atoms with van der Waals surface area (Å²) in [4.78, 5) is 73.5. The fraction of sp³-hybridized carbons (Fsp3) is 0.472. The molecule has 0 N–H and O–H groups in total. The van der Waals surface area contributed by atoms with Crippen molar-refractivity contribution in [3.63, 3.8) is 0 Å². The van der Waals surface area contributed by atoms with E-state index in [0.29, 0.717) is 24.2 Å². The molecule has 4 rings (SSSR count). The van der Waals surface area contributed by atoms with Crippen LogP contribution in [-0.2, 0) is 70.0 Å². The zero-order valence-electron chi connectivity index (χ0n) is 39.2. The molecule has 13 nitrogen and oxygen atoms in total. The van der Waals surface area contributed by atoms with Gasteiger partial charge in [-0.2, -0.15) is 0 Å². The smallest absolute Gasteiger partial charge is 0.417 e. The van der Waals surface area contributed by atoms with Crippen molar-refractivity contribution < 1.29 is 61.9 Å². The number of carbonyl (C=O) groups excluding carboxylic acids is 6. The van der Waals surface area contributed by atoms with Crippen LogP contribution in [0.15, 0.2) is 91.0 Å². The molecule has 13 heteroatoms. The Morgan fingerprint density at radius 3 is 1.53 bits per heavy atom. The molecule has 0 bridgehead atoms. The Kier molecular flexibility index (Phi) is 21.2. The zero-order valence-corrected chi connectivity index (χ0v) is 39.2. The highest BCUT2D eigenvalue weighted by molar-refractivity contribution is 6.30. The molecule has 1 saturated carbocycles. The van der Waals surface area contributed by atoms with Crippen LogP contribution in [0.3, 0.4) is 0 Å². The van der Waals surface area contributed by atoms with Gasteiger partial charge in [0.1, 0.15) is 37.6 Å². The number of aryl methyl sites for hydroxylation is 2. The largest absolute Gasteiger partial charge is 0.492 e. The van der Waals surface area contributed by atoms with Crippen molar-refractivity contribution in [2.24, 2.45) is 17.3 Å². The van der Waals surface area contributed by atoms with E-state index in [1.54, 1.807) is 13.0 Å². The summed E-state index contributed by atoms with van der Waals surface area (Å²) in [6.07, 6.45) is 14.0. The Hall–Kier alpha value is -6.24. The second kappa shape index (κ2) is 26.7. The van der Waals surface area contributed by atoms with Gasteiger partial charge in [-0.15, -0.1) is 0 Å². The predicted octanol–water partition coefficient (Wildman–Crippen LogP) is 9.31. The van der Waals surface area contributed by atoms with Gasteiger partial charge in [0.2, 0.25) is 0 Å². The quantitative estimate of drug-likeness (QED) is 0.0275. The van der Waals surface area contributed by atoms with Gasteiger partial charge in [0.05, 0.1) is 20.8 Å². The van der Waals surface area contributed by atoms with Gasteiger partial charge in [0.15, 0.2) is 0 Å². The van der Waals surface area contributed by atoms with Crippen LogP contribution < -0.4 is 4.74 Å². The summed E-state index contributed by atoms with van der Waals surface area (Å²) in [5, 5.41) is 0. The number of carbonyl (C=O) groups is 6. The lowest BCUT2D eigenvalue weighted by atomic mass is 9.78. The third kappa shape index (κ3) is 16.6. The van der Waals surface area contributed by atoms with Crippen LogP contribution in [0.5, 0.6) is 5.75 Å². The van der Waals surface area contributed by atoms with Gasteiger partial charge in [-0.05, 0) is 96.9 Å². The molecule has 0 radical (unpaired) electrons. The van der Waals surface area contributed by atoms with Gasteiger partial charge in [-0.1, -0.05) is 126 Å². The topological polar surface area (TPSA) is 167 Å². The van der Waals surface area contributed by atoms with Crippen LogP contribution >= 0.6 is 0 Å². The first-order valence-electron chi connectivity index (χ1n) is 22.8. The highest BCUT2D eigenvalue weighted by Gasteiger charge is 2.39. The van der Waals surface area contributed by atoms with E-state index in [0.717, 1.165) is 54.7 Å². The number of ether oxygens (including phenoxy) is 7. The third-order valence-electron chi connectivity index (χ3n) is 11.9. The van der Waals surface area contributed by atoms with E-state index in [4.69, 9.17) is 23.7 Å². The minimum atomic E-state index is -1.67. The molecule has 66 heavy (non-hydrogen) atoms. The number of methoxy groups -OCH3 is 2. The second-order valence-corrected chi connectivity index (χ2v) is 17.3. The van der Waals surface area contributed by atoms with E-state index in [2.05, 4.69) is 66.0 Å². The summed E-state index contributed by atoms with van der Waals surface area (Å²) in [5.74, 6) is -4.59. The monoisotopic (exact) mass is 910 g/mol. The van der Waals surface area contributed by atoms with E-state index in [1.165, 1.54) is 70.3 Å². The molecule has 1 fully saturated rings. The van der Waals surface area contributed by atoms with Crippen molar-refractivity contribution in [3.05, 3.63) is 102 Å². The van der Waals surface area contributed by atoms with Crippen molar-refractivity contribution in [2.45, 2.75) is 97.8 Å². The lowest BCUT2D eigenvalue weighted by molar-refractivity contribution is -0.177. The Balaban J connectivity index is 1.54. The van der Waals surface area contributed by atoms with Crippen LogP contribution in [0.2, 0.25) is 0 Å². The van der Waals surface area contributed by atoms with Gasteiger partial charge < -0.3 is 33.2 Å². The molecule has 0 unspecified atom stereocenters. The number of hydrogen-bond acceptors (Lipinski definition) is 13. The minimum Gasteiger partial charge on any atom is -0.492 e. The van der Waals surface area contributed by atoms with Crippen molar-refractivity contribution in [2.75, 3.05) is 47.3 Å². The van der Waals surface area contributed by atoms with Crippen LogP contribution in [0, 0.1) is 17.3 Å². The lowest BCUT2D eigenvalue weighted by Crippen LogP contribution is -2.45. The molecule has 0 atom stereocenters. The van der Waals surface area contributed by atoms with E-state index >= 15 is 0 Å². The van der Waals surface area contributed by atoms with Gasteiger partial charge >= 0.3 is 35.8 Å². The van der Waals surface area contributed by atoms with Crippen molar-refractivity contribution in [1.82, 2.24) is 0 Å². The number of hydrogen-bond donors (Lipinski definition) is 0. The molecule has 0 spiro atoms. The first kappa shape index (κ1) is 52.4. The van der Waals surface area contributed by atoms with E-state index < -0.39 is 67.7 Å². The average Bonchev–Trinajstić information content (AvgIpc) is 3.33. The molecule has 0 aromatic heterocycles. The van der Waals surface area contributed by atoms with Crippen LogP contribution in [0.25, 0.3) is 22.3 Å². The molecule has 1 aliphatic rings. The fourth-order valence-electron chi connectivity index (χ4n) is 7.77. The summed E-state index contributed by atoms with van der Waals surface area (Å²) >= 11 is 0. The maximum absolute atomic E-state index is 12.6. The van der Waals surface area contributed by atoms with E-state index in [1.807, 2.05) is 24.3 Å². The maximum Gasteiger partial charge on any atom is 0.417 e. The maximum atomic E-state index is 12.6. The van der Waals surface area contributed by atoms with Crippen LogP contribution in [0.4, 0.5) is 0 Å². The first-order valence-corrected chi connectivity index (χ1v) is 22.8. The van der Waals surface area contributed by atoms with Gasteiger partial charge in [0, 0.05) is 11.1 Å². The summed E-state index contributed by atoms with van der Waals surface area (Å²) in [5.41, 5.74) is 4.71. The fourth-order valence-corrected chi connectivity index (χ4v) is 7.77. The second-order valence-electron chi connectivity index (χ2n) is 17.3. The van der Waals surface area contributed by atoms with Crippen LogP contribution in [0.1, 0.15) is 96.1 Å². The molecule has 0 amide bonds.